The van der Waals surface area contributed by atoms with Gasteiger partial charge < -0.3 is 20.0 Å². The maximum atomic E-state index is 12.1. The van der Waals surface area contributed by atoms with Crippen molar-refractivity contribution in [2.24, 2.45) is 0 Å². The quantitative estimate of drug-likeness (QED) is 0.678. The Morgan fingerprint density at radius 2 is 2.14 bits per heavy atom. The first kappa shape index (κ1) is 12.9. The maximum Gasteiger partial charge on any atom is 0.272 e. The molecule has 3 aromatic rings. The molecule has 2 heterocycles. The molecule has 0 bridgehead atoms. The van der Waals surface area contributed by atoms with Gasteiger partial charge in [0.25, 0.3) is 5.91 Å². The first-order valence-corrected chi connectivity index (χ1v) is 6.18. The topological polar surface area (TPSA) is 99.9 Å². The molecule has 0 fully saturated rings. The zero-order valence-electron chi connectivity index (χ0n) is 11.1. The molecule has 3 rings (SSSR count). The van der Waals surface area contributed by atoms with Gasteiger partial charge in [-0.05, 0) is 18.2 Å². The van der Waals surface area contributed by atoms with Crippen LogP contribution in [0.1, 0.15) is 10.5 Å². The van der Waals surface area contributed by atoms with Crippen molar-refractivity contribution in [2.75, 3.05) is 12.4 Å². The van der Waals surface area contributed by atoms with Crippen molar-refractivity contribution in [2.45, 2.75) is 0 Å². The number of benzene rings is 1. The van der Waals surface area contributed by atoms with E-state index in [0.717, 1.165) is 11.0 Å². The average molecular weight is 284 g/mol. The van der Waals surface area contributed by atoms with Crippen LogP contribution in [0.15, 0.2) is 41.6 Å². The van der Waals surface area contributed by atoms with E-state index < -0.39 is 5.91 Å². The molecule has 106 valence electrons. The van der Waals surface area contributed by atoms with Gasteiger partial charge in [0, 0.05) is 18.0 Å². The highest BCUT2D eigenvalue weighted by molar-refractivity contribution is 6.03. The number of carbonyl (C=O) groups excluding carboxylic acids is 1. The van der Waals surface area contributed by atoms with Gasteiger partial charge in [0.05, 0.1) is 24.5 Å². The Morgan fingerprint density at radius 1 is 1.29 bits per heavy atom. The van der Waals surface area contributed by atoms with Gasteiger partial charge in [-0.2, -0.15) is 0 Å². The van der Waals surface area contributed by atoms with Crippen LogP contribution in [-0.2, 0) is 0 Å². The van der Waals surface area contributed by atoms with Crippen molar-refractivity contribution in [3.05, 3.63) is 52.7 Å². The Hall–Kier alpha value is -3.09. The molecule has 7 nitrogen and oxygen atoms in total. The summed E-state index contributed by atoms with van der Waals surface area (Å²) in [4.78, 5) is 33.5. The minimum atomic E-state index is -0.409. The molecule has 0 aliphatic heterocycles. The summed E-state index contributed by atoms with van der Waals surface area (Å²) >= 11 is 0. The van der Waals surface area contributed by atoms with Gasteiger partial charge in [0.2, 0.25) is 5.43 Å². The molecule has 1 aromatic carbocycles. The summed E-state index contributed by atoms with van der Waals surface area (Å²) < 4.78 is 4.85. The molecule has 0 atom stereocenters. The maximum absolute atomic E-state index is 12.1. The lowest BCUT2D eigenvalue weighted by atomic mass is 10.2. The fourth-order valence-corrected chi connectivity index (χ4v) is 1.96. The molecule has 0 radical (unpaired) electrons. The second-order valence-electron chi connectivity index (χ2n) is 4.37. The second kappa shape index (κ2) is 5.12. The number of H-pyrrole nitrogens is 2. The van der Waals surface area contributed by atoms with Crippen molar-refractivity contribution in [1.29, 1.82) is 0 Å². The Bertz CT molecular complexity index is 866. The van der Waals surface area contributed by atoms with Gasteiger partial charge in [0.15, 0.2) is 5.75 Å². The predicted molar refractivity (Wildman–Crippen MR) is 77.7 cm³/mol. The highest BCUT2D eigenvalue weighted by atomic mass is 16.5. The standard InChI is InChI=1S/C14H12N4O3/c1-21-13-6-15-11(5-12(13)19)14(20)18-8-2-3-9-10(4-8)17-7-16-9/h2-7H,1H3,(H,15,19)(H,16,17)(H,18,20). The van der Waals surface area contributed by atoms with E-state index in [4.69, 9.17) is 4.74 Å². The summed E-state index contributed by atoms with van der Waals surface area (Å²) in [6.45, 7) is 0. The lowest BCUT2D eigenvalue weighted by Gasteiger charge is -2.06. The van der Waals surface area contributed by atoms with E-state index in [-0.39, 0.29) is 16.9 Å². The van der Waals surface area contributed by atoms with Gasteiger partial charge in [-0.3, -0.25) is 9.59 Å². The Kier molecular flexibility index (Phi) is 3.15. The first-order valence-electron chi connectivity index (χ1n) is 6.18. The third-order valence-electron chi connectivity index (χ3n) is 3.02. The summed E-state index contributed by atoms with van der Waals surface area (Å²) in [5.74, 6) is -0.251. The molecule has 0 aliphatic carbocycles. The van der Waals surface area contributed by atoms with Crippen LogP contribution in [0, 0.1) is 0 Å². The van der Waals surface area contributed by atoms with Gasteiger partial charge in [-0.1, -0.05) is 0 Å². The van der Waals surface area contributed by atoms with Gasteiger partial charge in [-0.15, -0.1) is 0 Å². The summed E-state index contributed by atoms with van der Waals surface area (Å²) in [5.41, 5.74) is 2.03. The molecular formula is C14H12N4O3. The zero-order chi connectivity index (χ0) is 14.8. The van der Waals surface area contributed by atoms with Gasteiger partial charge in [-0.25, -0.2) is 4.98 Å². The van der Waals surface area contributed by atoms with Crippen LogP contribution in [0.2, 0.25) is 0 Å². The van der Waals surface area contributed by atoms with Crippen LogP contribution >= 0.6 is 0 Å². The number of anilines is 1. The number of methoxy groups -OCH3 is 1. The van der Waals surface area contributed by atoms with Crippen molar-refractivity contribution in [1.82, 2.24) is 15.0 Å². The van der Waals surface area contributed by atoms with E-state index in [1.165, 1.54) is 19.4 Å². The number of hydrogen-bond donors (Lipinski definition) is 3. The lowest BCUT2D eigenvalue weighted by Crippen LogP contribution is -2.17. The fraction of sp³-hybridized carbons (Fsp3) is 0.0714. The minimum Gasteiger partial charge on any atom is -0.491 e. The molecule has 7 heteroatoms. The van der Waals surface area contributed by atoms with Crippen LogP contribution in [0.3, 0.4) is 0 Å². The number of fused-ring (bicyclic) bond motifs is 1. The highest BCUT2D eigenvalue weighted by Gasteiger charge is 2.10. The molecule has 0 aliphatic rings. The van der Waals surface area contributed by atoms with Crippen LogP contribution in [0.25, 0.3) is 11.0 Å². The van der Waals surface area contributed by atoms with Gasteiger partial charge in [0.1, 0.15) is 5.69 Å². The first-order chi connectivity index (χ1) is 10.2. The number of imidazole rings is 1. The van der Waals surface area contributed by atoms with E-state index in [9.17, 15) is 9.59 Å². The Morgan fingerprint density at radius 3 is 2.90 bits per heavy atom. The molecule has 0 unspecified atom stereocenters. The zero-order valence-corrected chi connectivity index (χ0v) is 11.1. The normalized spacial score (nSPS) is 10.5. The summed E-state index contributed by atoms with van der Waals surface area (Å²) in [7, 11) is 1.39. The second-order valence-corrected chi connectivity index (χ2v) is 4.37. The minimum absolute atomic E-state index is 0.158. The number of carbonyl (C=O) groups is 1. The number of amides is 1. The number of nitrogens with zero attached hydrogens (tertiary/aromatic N) is 1. The fourth-order valence-electron chi connectivity index (χ4n) is 1.96. The smallest absolute Gasteiger partial charge is 0.272 e. The van der Waals surface area contributed by atoms with E-state index in [2.05, 4.69) is 20.3 Å². The average Bonchev–Trinajstić information content (AvgIpc) is 2.94. The van der Waals surface area contributed by atoms with Crippen LogP contribution in [-0.4, -0.2) is 28.0 Å². The van der Waals surface area contributed by atoms with Crippen LogP contribution in [0.5, 0.6) is 5.75 Å². The predicted octanol–water partition coefficient (Wildman–Crippen LogP) is 1.51. The van der Waals surface area contributed by atoms with Crippen LogP contribution in [0.4, 0.5) is 5.69 Å². The van der Waals surface area contributed by atoms with Crippen molar-refractivity contribution in [3.63, 3.8) is 0 Å². The van der Waals surface area contributed by atoms with Crippen molar-refractivity contribution < 1.29 is 9.53 Å². The molecule has 21 heavy (non-hydrogen) atoms. The number of aromatic amines is 2. The van der Waals surface area contributed by atoms with Crippen molar-refractivity contribution >= 4 is 22.6 Å². The van der Waals surface area contributed by atoms with E-state index in [0.29, 0.717) is 5.69 Å². The largest absolute Gasteiger partial charge is 0.491 e. The Balaban J connectivity index is 1.85. The van der Waals surface area contributed by atoms with E-state index in [1.54, 1.807) is 24.5 Å². The molecule has 0 saturated heterocycles. The lowest BCUT2D eigenvalue weighted by molar-refractivity contribution is 0.102. The number of hydrogen-bond acceptors (Lipinski definition) is 4. The molecule has 2 aromatic heterocycles. The third kappa shape index (κ3) is 2.48. The van der Waals surface area contributed by atoms with E-state index >= 15 is 0 Å². The van der Waals surface area contributed by atoms with Gasteiger partial charge >= 0.3 is 0 Å². The summed E-state index contributed by atoms with van der Waals surface area (Å²) in [5, 5.41) is 2.71. The molecular weight excluding hydrogens is 272 g/mol. The molecule has 1 amide bonds. The molecule has 0 spiro atoms. The number of nitrogens with one attached hydrogen (secondary N) is 3. The van der Waals surface area contributed by atoms with E-state index in [1.807, 2.05) is 0 Å². The molecule has 3 N–H and O–H groups in total. The number of ether oxygens (including phenoxy) is 1. The monoisotopic (exact) mass is 284 g/mol. The number of pyridine rings is 1. The van der Waals surface area contributed by atoms with Crippen molar-refractivity contribution in [3.8, 4) is 5.75 Å². The van der Waals surface area contributed by atoms with Crippen LogP contribution < -0.4 is 15.5 Å². The summed E-state index contributed by atoms with van der Waals surface area (Å²) in [6, 6.07) is 6.49. The molecule has 0 saturated carbocycles. The number of rotatable bonds is 3. The number of aromatic nitrogens is 3. The summed E-state index contributed by atoms with van der Waals surface area (Å²) in [6.07, 6.45) is 2.94. The highest BCUT2D eigenvalue weighted by Crippen LogP contribution is 2.16. The SMILES string of the molecule is COc1c[nH]c(C(=O)Nc2ccc3nc[nH]c3c2)cc1=O. The Labute approximate surface area is 119 Å². The third-order valence-corrected chi connectivity index (χ3v) is 3.02.